The van der Waals surface area contributed by atoms with E-state index in [1.165, 1.54) is 30.8 Å². The van der Waals surface area contributed by atoms with Crippen LogP contribution in [0.15, 0.2) is 75.5 Å². The van der Waals surface area contributed by atoms with Crippen molar-refractivity contribution in [1.82, 2.24) is 0 Å². The second-order valence-corrected chi connectivity index (χ2v) is 7.10. The fourth-order valence-electron chi connectivity index (χ4n) is 2.77. The van der Waals surface area contributed by atoms with Gasteiger partial charge in [-0.1, -0.05) is 18.2 Å². The second kappa shape index (κ2) is 8.20. The van der Waals surface area contributed by atoms with Crippen LogP contribution >= 0.6 is 11.3 Å². The molecule has 0 radical (unpaired) electrons. The number of carbonyl (C=O) groups excluding carboxylic acids is 1. The van der Waals surface area contributed by atoms with Gasteiger partial charge in [0.25, 0.3) is 0 Å². The quantitative estimate of drug-likeness (QED) is 0.337. The van der Waals surface area contributed by atoms with E-state index in [-0.39, 0.29) is 23.6 Å². The minimum atomic E-state index is -0.384. The van der Waals surface area contributed by atoms with Crippen LogP contribution in [0.2, 0.25) is 0 Å². The highest BCUT2D eigenvalue weighted by Gasteiger charge is 2.14. The summed E-state index contributed by atoms with van der Waals surface area (Å²) in [6, 6.07) is 15.4. The Balaban J connectivity index is 1.57. The van der Waals surface area contributed by atoms with Gasteiger partial charge in [0.15, 0.2) is 11.5 Å². The van der Waals surface area contributed by atoms with Gasteiger partial charge in [0, 0.05) is 10.9 Å². The van der Waals surface area contributed by atoms with E-state index in [9.17, 15) is 9.59 Å². The highest BCUT2D eigenvalue weighted by Crippen LogP contribution is 2.30. The molecule has 0 atom stereocenters. The number of methoxy groups -OCH3 is 1. The van der Waals surface area contributed by atoms with Gasteiger partial charge in [0.2, 0.25) is 11.2 Å². The Morgan fingerprint density at radius 3 is 2.62 bits per heavy atom. The highest BCUT2D eigenvalue weighted by atomic mass is 32.1. The van der Waals surface area contributed by atoms with Crippen molar-refractivity contribution < 1.29 is 23.4 Å². The number of hydrogen-bond donors (Lipinski definition) is 0. The molecular formula is C22H16O6S. The largest absolute Gasteiger partial charge is 0.493 e. The van der Waals surface area contributed by atoms with Crippen molar-refractivity contribution in [2.24, 2.45) is 0 Å². The van der Waals surface area contributed by atoms with E-state index in [1.54, 1.807) is 36.4 Å². The highest BCUT2D eigenvalue weighted by molar-refractivity contribution is 7.10. The SMILES string of the molecule is COc1ccccc1Oc1coc2cc(OC(=O)Cc3cccs3)ccc2c1=O. The third kappa shape index (κ3) is 4.14. The fraction of sp³-hybridized carbons (Fsp3) is 0.0909. The molecule has 146 valence electrons. The number of ether oxygens (including phenoxy) is 3. The first-order valence-corrected chi connectivity index (χ1v) is 9.61. The number of benzene rings is 2. The fourth-order valence-corrected chi connectivity index (χ4v) is 3.46. The monoisotopic (exact) mass is 408 g/mol. The van der Waals surface area contributed by atoms with E-state index in [4.69, 9.17) is 18.6 Å². The van der Waals surface area contributed by atoms with Crippen molar-refractivity contribution in [2.75, 3.05) is 7.11 Å². The summed E-state index contributed by atoms with van der Waals surface area (Å²) in [6.45, 7) is 0. The average molecular weight is 408 g/mol. The van der Waals surface area contributed by atoms with Crippen molar-refractivity contribution in [3.63, 3.8) is 0 Å². The number of esters is 1. The van der Waals surface area contributed by atoms with Gasteiger partial charge in [-0.2, -0.15) is 0 Å². The predicted molar refractivity (Wildman–Crippen MR) is 109 cm³/mol. The van der Waals surface area contributed by atoms with Crippen molar-refractivity contribution >= 4 is 28.3 Å². The zero-order chi connectivity index (χ0) is 20.2. The van der Waals surface area contributed by atoms with Gasteiger partial charge in [-0.3, -0.25) is 9.59 Å². The van der Waals surface area contributed by atoms with Crippen LogP contribution < -0.4 is 19.6 Å². The third-order valence-electron chi connectivity index (χ3n) is 4.13. The molecule has 0 saturated heterocycles. The molecule has 0 saturated carbocycles. The molecule has 29 heavy (non-hydrogen) atoms. The molecule has 0 amide bonds. The lowest BCUT2D eigenvalue weighted by Gasteiger charge is -2.10. The number of rotatable bonds is 6. The Labute approximate surface area is 169 Å². The number of carbonyl (C=O) groups is 1. The normalized spacial score (nSPS) is 10.7. The number of para-hydroxylation sites is 2. The maximum atomic E-state index is 12.7. The Kier molecular flexibility index (Phi) is 5.31. The standard InChI is InChI=1S/C22H16O6S/c1-25-17-6-2-3-7-18(17)28-20-13-26-19-11-14(8-9-16(19)22(20)24)27-21(23)12-15-5-4-10-29-15/h2-11,13H,12H2,1H3. The van der Waals surface area contributed by atoms with E-state index < -0.39 is 0 Å². The van der Waals surface area contributed by atoms with E-state index in [1.807, 2.05) is 17.5 Å². The first kappa shape index (κ1) is 18.8. The molecule has 0 aliphatic heterocycles. The topological polar surface area (TPSA) is 75.0 Å². The van der Waals surface area contributed by atoms with Crippen LogP contribution in [-0.2, 0) is 11.2 Å². The Hall–Kier alpha value is -3.58. The smallest absolute Gasteiger partial charge is 0.316 e. The van der Waals surface area contributed by atoms with Gasteiger partial charge < -0.3 is 18.6 Å². The van der Waals surface area contributed by atoms with Crippen LogP contribution in [0.5, 0.6) is 23.0 Å². The number of fused-ring (bicyclic) bond motifs is 1. The molecule has 2 aromatic carbocycles. The maximum absolute atomic E-state index is 12.7. The molecule has 0 bridgehead atoms. The van der Waals surface area contributed by atoms with E-state index >= 15 is 0 Å². The van der Waals surface area contributed by atoms with Gasteiger partial charge in [0.1, 0.15) is 17.6 Å². The molecule has 0 N–H and O–H groups in total. The third-order valence-corrected chi connectivity index (χ3v) is 5.01. The minimum absolute atomic E-state index is 0.0319. The zero-order valence-electron chi connectivity index (χ0n) is 15.4. The van der Waals surface area contributed by atoms with Crippen LogP contribution in [0.25, 0.3) is 11.0 Å². The summed E-state index contributed by atoms with van der Waals surface area (Å²) in [6.07, 6.45) is 1.42. The molecule has 0 spiro atoms. The van der Waals surface area contributed by atoms with Crippen molar-refractivity contribution in [3.05, 3.63) is 81.3 Å². The lowest BCUT2D eigenvalue weighted by molar-refractivity contribution is -0.133. The molecular weight excluding hydrogens is 392 g/mol. The van der Waals surface area contributed by atoms with E-state index in [0.29, 0.717) is 28.2 Å². The minimum Gasteiger partial charge on any atom is -0.493 e. The van der Waals surface area contributed by atoms with Crippen LogP contribution in [0.4, 0.5) is 0 Å². The Morgan fingerprint density at radius 2 is 1.86 bits per heavy atom. The van der Waals surface area contributed by atoms with Gasteiger partial charge in [-0.05, 0) is 35.7 Å². The molecule has 4 aromatic rings. The zero-order valence-corrected chi connectivity index (χ0v) is 16.2. The summed E-state index contributed by atoms with van der Waals surface area (Å²) >= 11 is 1.49. The van der Waals surface area contributed by atoms with Gasteiger partial charge >= 0.3 is 5.97 Å². The molecule has 0 aliphatic rings. The molecule has 0 fully saturated rings. The summed E-state index contributed by atoms with van der Waals surface area (Å²) in [5, 5.41) is 2.22. The molecule has 4 rings (SSSR count). The first-order chi connectivity index (χ1) is 14.1. The first-order valence-electron chi connectivity index (χ1n) is 8.73. The van der Waals surface area contributed by atoms with Crippen LogP contribution in [0.1, 0.15) is 4.88 Å². The van der Waals surface area contributed by atoms with Gasteiger partial charge in [-0.25, -0.2) is 0 Å². The van der Waals surface area contributed by atoms with Crippen LogP contribution in [-0.4, -0.2) is 13.1 Å². The molecule has 7 heteroatoms. The second-order valence-electron chi connectivity index (χ2n) is 6.07. The lowest BCUT2D eigenvalue weighted by atomic mass is 10.2. The summed E-state index contributed by atoms with van der Waals surface area (Å²) in [5.41, 5.74) is -0.0441. The van der Waals surface area contributed by atoms with E-state index in [0.717, 1.165) is 4.88 Å². The van der Waals surface area contributed by atoms with Crippen molar-refractivity contribution in [1.29, 1.82) is 0 Å². The van der Waals surface area contributed by atoms with Crippen LogP contribution in [0.3, 0.4) is 0 Å². The number of thiophene rings is 1. The van der Waals surface area contributed by atoms with Gasteiger partial charge in [0.05, 0.1) is 18.9 Å². The summed E-state index contributed by atoms with van der Waals surface area (Å²) in [7, 11) is 1.52. The number of hydrogen-bond acceptors (Lipinski definition) is 7. The van der Waals surface area contributed by atoms with E-state index in [2.05, 4.69) is 0 Å². The van der Waals surface area contributed by atoms with Gasteiger partial charge in [-0.15, -0.1) is 11.3 Å². The lowest BCUT2D eigenvalue weighted by Crippen LogP contribution is -2.10. The maximum Gasteiger partial charge on any atom is 0.316 e. The Morgan fingerprint density at radius 1 is 1.03 bits per heavy atom. The molecule has 2 heterocycles. The predicted octanol–water partition coefficient (Wildman–Crippen LogP) is 4.80. The summed E-state index contributed by atoms with van der Waals surface area (Å²) in [4.78, 5) is 25.7. The summed E-state index contributed by atoms with van der Waals surface area (Å²) < 4.78 is 21.8. The molecule has 0 unspecified atom stereocenters. The van der Waals surface area contributed by atoms with Crippen LogP contribution in [0, 0.1) is 0 Å². The molecule has 6 nitrogen and oxygen atoms in total. The average Bonchev–Trinajstić information content (AvgIpc) is 3.23. The Bertz CT molecular complexity index is 1210. The molecule has 0 aliphatic carbocycles. The van der Waals surface area contributed by atoms with Crippen molar-refractivity contribution in [3.8, 4) is 23.0 Å². The molecule has 2 aromatic heterocycles. The van der Waals surface area contributed by atoms with Crippen molar-refractivity contribution in [2.45, 2.75) is 6.42 Å². The summed E-state index contributed by atoms with van der Waals surface area (Å²) in [5.74, 6) is 0.857.